The van der Waals surface area contributed by atoms with Crippen molar-refractivity contribution in [1.82, 2.24) is 4.90 Å². The number of rotatable bonds is 6. The Morgan fingerprint density at radius 1 is 1.33 bits per heavy atom. The molecule has 30 heavy (non-hydrogen) atoms. The average Bonchev–Trinajstić information content (AvgIpc) is 3.23. The molecule has 0 radical (unpaired) electrons. The van der Waals surface area contributed by atoms with Crippen molar-refractivity contribution in [1.29, 1.82) is 0 Å². The monoisotopic (exact) mass is 436 g/mol. The van der Waals surface area contributed by atoms with Crippen LogP contribution >= 0.6 is 11.3 Å². The number of primary amides is 1. The van der Waals surface area contributed by atoms with Crippen molar-refractivity contribution in [3.05, 3.63) is 27.6 Å². The maximum absolute atomic E-state index is 12.8. The lowest BCUT2D eigenvalue weighted by atomic mass is 9.82. The minimum Gasteiger partial charge on any atom is -0.427 e. The van der Waals surface area contributed by atoms with E-state index < -0.39 is 42.1 Å². The number of carbonyl (C=O) groups is 4. The smallest absolute Gasteiger partial charge is 0.358 e. The number of carbonyl (C=O) groups excluding carboxylic acids is 4. The van der Waals surface area contributed by atoms with Crippen LogP contribution in [0.15, 0.2) is 17.1 Å². The number of aliphatic hydroxyl groups excluding tert-OH is 1. The van der Waals surface area contributed by atoms with E-state index in [-0.39, 0.29) is 17.6 Å². The van der Waals surface area contributed by atoms with Gasteiger partial charge in [-0.1, -0.05) is 0 Å². The second-order valence-corrected chi connectivity index (χ2v) is 9.28. The van der Waals surface area contributed by atoms with Gasteiger partial charge in [0, 0.05) is 0 Å². The van der Waals surface area contributed by atoms with Gasteiger partial charge >= 0.3 is 11.9 Å². The fraction of sp³-hybridized carbons (Fsp3) is 0.500. The van der Waals surface area contributed by atoms with Crippen molar-refractivity contribution in [2.24, 2.45) is 17.1 Å². The molecule has 1 aromatic heterocycles. The van der Waals surface area contributed by atoms with Crippen LogP contribution in [-0.4, -0.2) is 52.7 Å². The van der Waals surface area contributed by atoms with Gasteiger partial charge in [0.15, 0.2) is 0 Å². The van der Waals surface area contributed by atoms with Crippen LogP contribution in [0.2, 0.25) is 0 Å². The number of fused-ring (bicyclic) bond motifs is 1. The Labute approximate surface area is 177 Å². The zero-order valence-corrected chi connectivity index (χ0v) is 17.9. The Balaban J connectivity index is 1.85. The maximum Gasteiger partial charge on any atom is 0.358 e. The molecule has 2 amide bonds. The van der Waals surface area contributed by atoms with Crippen molar-refractivity contribution >= 4 is 40.7 Å². The van der Waals surface area contributed by atoms with Gasteiger partial charge in [0.05, 0.1) is 28.4 Å². The van der Waals surface area contributed by atoms with Crippen LogP contribution in [0.3, 0.4) is 0 Å². The van der Waals surface area contributed by atoms with E-state index in [1.807, 2.05) is 0 Å². The summed E-state index contributed by atoms with van der Waals surface area (Å²) in [5.74, 6) is -2.96. The quantitative estimate of drug-likeness (QED) is 0.389. The van der Waals surface area contributed by atoms with E-state index in [1.165, 1.54) is 11.8 Å². The fourth-order valence-electron chi connectivity index (χ4n) is 3.56. The first-order chi connectivity index (χ1) is 13.9. The molecule has 1 saturated heterocycles. The summed E-state index contributed by atoms with van der Waals surface area (Å²) in [4.78, 5) is 50.3. The fourth-order valence-corrected chi connectivity index (χ4v) is 4.34. The Morgan fingerprint density at radius 3 is 2.53 bits per heavy atom. The van der Waals surface area contributed by atoms with Crippen LogP contribution < -0.4 is 5.73 Å². The standard InChI is InChI=1S/C20H24N2O7S/c1-9(23)14-12-6-11(10-5-13(16(21)24)30-7-10)15(22(12)17(14)25)18(26)28-8-29-19(27)20(2,3)4/h5,7,9,12,14,23H,6,8H2,1-4H3,(H2,21,24). The summed E-state index contributed by atoms with van der Waals surface area (Å²) in [5.41, 5.74) is 5.70. The molecule has 0 saturated carbocycles. The Hall–Kier alpha value is -2.72. The molecule has 9 nitrogen and oxygen atoms in total. The first-order valence-electron chi connectivity index (χ1n) is 9.40. The van der Waals surface area contributed by atoms with Crippen molar-refractivity contribution in [3.8, 4) is 0 Å². The van der Waals surface area contributed by atoms with Gasteiger partial charge < -0.3 is 25.2 Å². The van der Waals surface area contributed by atoms with Gasteiger partial charge in [-0.25, -0.2) is 4.79 Å². The maximum atomic E-state index is 12.8. The molecular weight excluding hydrogens is 412 g/mol. The lowest BCUT2D eigenvalue weighted by Crippen LogP contribution is -2.61. The average molecular weight is 436 g/mol. The molecule has 0 bridgehead atoms. The second-order valence-electron chi connectivity index (χ2n) is 8.37. The van der Waals surface area contributed by atoms with Gasteiger partial charge in [0.25, 0.3) is 5.91 Å². The topological polar surface area (TPSA) is 136 Å². The van der Waals surface area contributed by atoms with Crippen molar-refractivity contribution in [2.75, 3.05) is 6.79 Å². The van der Waals surface area contributed by atoms with Crippen LogP contribution in [-0.2, 0) is 23.9 Å². The van der Waals surface area contributed by atoms with E-state index >= 15 is 0 Å². The molecule has 162 valence electrons. The van der Waals surface area contributed by atoms with E-state index in [1.54, 1.807) is 32.2 Å². The van der Waals surface area contributed by atoms with E-state index in [2.05, 4.69) is 0 Å². The number of nitrogens with two attached hydrogens (primary N) is 1. The minimum atomic E-state index is -0.869. The van der Waals surface area contributed by atoms with Crippen LogP contribution in [0.25, 0.3) is 5.57 Å². The summed E-state index contributed by atoms with van der Waals surface area (Å²) in [6.45, 7) is 5.94. The molecule has 0 aliphatic carbocycles. The summed E-state index contributed by atoms with van der Waals surface area (Å²) in [6, 6.07) is 1.17. The molecule has 3 N–H and O–H groups in total. The highest BCUT2D eigenvalue weighted by Crippen LogP contribution is 2.47. The van der Waals surface area contributed by atoms with Crippen molar-refractivity contribution in [2.45, 2.75) is 46.3 Å². The SMILES string of the molecule is CC(O)C1C(=O)N2C(C(=O)OCOC(=O)C(C)(C)C)=C(c3csc(C(N)=O)c3)CC12. The van der Waals surface area contributed by atoms with Gasteiger partial charge in [0.1, 0.15) is 5.70 Å². The predicted molar refractivity (Wildman–Crippen MR) is 107 cm³/mol. The lowest BCUT2D eigenvalue weighted by molar-refractivity contribution is -0.175. The Kier molecular flexibility index (Phi) is 5.74. The van der Waals surface area contributed by atoms with Gasteiger partial charge in [-0.3, -0.25) is 14.4 Å². The summed E-state index contributed by atoms with van der Waals surface area (Å²) >= 11 is 1.13. The predicted octanol–water partition coefficient (Wildman–Crippen LogP) is 1.26. The number of β-lactam (4-membered cyclic amide) rings is 1. The molecule has 3 atom stereocenters. The minimum absolute atomic E-state index is 0.0301. The highest BCUT2D eigenvalue weighted by Gasteiger charge is 2.57. The number of thiophene rings is 1. The van der Waals surface area contributed by atoms with Crippen LogP contribution in [0.4, 0.5) is 0 Å². The second kappa shape index (κ2) is 7.84. The van der Waals surface area contributed by atoms with E-state index in [0.717, 1.165) is 11.3 Å². The molecule has 1 aromatic rings. The molecule has 0 aromatic carbocycles. The summed E-state index contributed by atoms with van der Waals surface area (Å²) in [5, 5.41) is 11.6. The molecular formula is C20H24N2O7S. The van der Waals surface area contributed by atoms with Gasteiger partial charge in [-0.05, 0) is 56.7 Å². The van der Waals surface area contributed by atoms with Crippen LogP contribution in [0.1, 0.15) is 49.4 Å². The molecule has 2 aliphatic rings. The molecule has 10 heteroatoms. The highest BCUT2D eigenvalue weighted by molar-refractivity contribution is 7.12. The number of hydrogen-bond acceptors (Lipinski definition) is 8. The molecule has 1 fully saturated rings. The van der Waals surface area contributed by atoms with E-state index in [0.29, 0.717) is 22.4 Å². The molecule has 3 unspecified atom stereocenters. The van der Waals surface area contributed by atoms with Gasteiger partial charge in [-0.2, -0.15) is 0 Å². The van der Waals surface area contributed by atoms with Crippen molar-refractivity contribution < 1.29 is 33.8 Å². The number of ether oxygens (including phenoxy) is 2. The molecule has 3 rings (SSSR count). The van der Waals surface area contributed by atoms with Crippen molar-refractivity contribution in [3.63, 3.8) is 0 Å². The number of nitrogens with zero attached hydrogens (tertiary/aromatic N) is 1. The third-order valence-electron chi connectivity index (χ3n) is 5.11. The highest BCUT2D eigenvalue weighted by atomic mass is 32.1. The summed E-state index contributed by atoms with van der Waals surface area (Å²) in [6.07, 6.45) is -0.547. The summed E-state index contributed by atoms with van der Waals surface area (Å²) in [7, 11) is 0. The molecule has 3 heterocycles. The van der Waals surface area contributed by atoms with Crippen LogP contribution in [0.5, 0.6) is 0 Å². The normalized spacial score (nSPS) is 21.8. The first-order valence-corrected chi connectivity index (χ1v) is 10.3. The number of esters is 2. The number of amides is 2. The number of aliphatic hydroxyl groups is 1. The van der Waals surface area contributed by atoms with E-state index in [9.17, 15) is 24.3 Å². The first kappa shape index (κ1) is 22.0. The van der Waals surface area contributed by atoms with Gasteiger partial charge in [-0.15, -0.1) is 11.3 Å². The lowest BCUT2D eigenvalue weighted by Gasteiger charge is -2.44. The Morgan fingerprint density at radius 2 is 2.00 bits per heavy atom. The molecule has 0 spiro atoms. The Bertz CT molecular complexity index is 941. The molecule has 2 aliphatic heterocycles. The third kappa shape index (κ3) is 3.84. The van der Waals surface area contributed by atoms with Crippen LogP contribution in [0, 0.1) is 11.3 Å². The van der Waals surface area contributed by atoms with E-state index in [4.69, 9.17) is 15.2 Å². The number of hydrogen-bond donors (Lipinski definition) is 2. The van der Waals surface area contributed by atoms with Gasteiger partial charge in [0.2, 0.25) is 12.7 Å². The zero-order chi connectivity index (χ0) is 22.4. The third-order valence-corrected chi connectivity index (χ3v) is 6.05. The zero-order valence-electron chi connectivity index (χ0n) is 17.1. The largest absolute Gasteiger partial charge is 0.427 e. The summed E-state index contributed by atoms with van der Waals surface area (Å²) < 4.78 is 10.1.